The van der Waals surface area contributed by atoms with Gasteiger partial charge < -0.3 is 10.2 Å². The van der Waals surface area contributed by atoms with Crippen molar-refractivity contribution >= 4 is 22.7 Å². The van der Waals surface area contributed by atoms with Crippen molar-refractivity contribution in [2.24, 2.45) is 11.8 Å². The van der Waals surface area contributed by atoms with Crippen molar-refractivity contribution in [1.29, 1.82) is 0 Å². The average molecular weight is 328 g/mol. The third kappa shape index (κ3) is 3.42. The van der Waals surface area contributed by atoms with Gasteiger partial charge in [0.1, 0.15) is 0 Å². The maximum atomic E-state index is 11.9. The molecule has 0 fully saturated rings. The lowest BCUT2D eigenvalue weighted by molar-refractivity contribution is 0.0649. The Bertz CT molecular complexity index is 721. The Balaban J connectivity index is 3.01. The summed E-state index contributed by atoms with van der Waals surface area (Å²) in [5, 5.41) is 21.2. The van der Waals surface area contributed by atoms with Gasteiger partial charge in [0.15, 0.2) is 0 Å². The standard InChI is InChI=1S/C20H24O4/c1-11(2)9-15-13-7-5-6-8-14(13)16(10-12(3)4)18(20(23)24)17(15)19(21)22/h5-8,11-12H,9-10H2,1-4H3,(H,21,22)(H,23,24). The van der Waals surface area contributed by atoms with Gasteiger partial charge in [0.2, 0.25) is 0 Å². The molecule has 2 aromatic carbocycles. The topological polar surface area (TPSA) is 74.6 Å². The molecule has 0 amide bonds. The third-order valence-corrected chi connectivity index (χ3v) is 4.08. The second kappa shape index (κ2) is 7.04. The zero-order valence-electron chi connectivity index (χ0n) is 14.6. The van der Waals surface area contributed by atoms with Crippen molar-refractivity contribution in [1.82, 2.24) is 0 Å². The van der Waals surface area contributed by atoms with E-state index in [9.17, 15) is 19.8 Å². The van der Waals surface area contributed by atoms with E-state index >= 15 is 0 Å². The second-order valence-corrected chi connectivity index (χ2v) is 7.06. The van der Waals surface area contributed by atoms with Gasteiger partial charge in [-0.15, -0.1) is 0 Å². The Kier molecular flexibility index (Phi) is 5.27. The third-order valence-electron chi connectivity index (χ3n) is 4.08. The van der Waals surface area contributed by atoms with Gasteiger partial charge in [0.05, 0.1) is 11.1 Å². The minimum atomic E-state index is -1.17. The molecule has 2 rings (SSSR count). The summed E-state index contributed by atoms with van der Waals surface area (Å²) < 4.78 is 0. The first-order valence-electron chi connectivity index (χ1n) is 8.27. The average Bonchev–Trinajstić information content (AvgIpc) is 2.47. The van der Waals surface area contributed by atoms with Gasteiger partial charge in [-0.3, -0.25) is 0 Å². The Hall–Kier alpha value is -2.36. The van der Waals surface area contributed by atoms with E-state index in [1.807, 2.05) is 52.0 Å². The summed E-state index contributed by atoms with van der Waals surface area (Å²) in [4.78, 5) is 23.9. The SMILES string of the molecule is CC(C)Cc1c(C(=O)O)c(C(=O)O)c(CC(C)C)c2ccccc12. The zero-order chi connectivity index (χ0) is 18.0. The molecule has 24 heavy (non-hydrogen) atoms. The lowest BCUT2D eigenvalue weighted by Crippen LogP contribution is -2.17. The van der Waals surface area contributed by atoms with E-state index < -0.39 is 11.9 Å². The number of rotatable bonds is 6. The summed E-state index contributed by atoms with van der Waals surface area (Å²) in [6.45, 7) is 8.01. The van der Waals surface area contributed by atoms with Crippen molar-refractivity contribution in [3.63, 3.8) is 0 Å². The molecule has 0 saturated carbocycles. The molecule has 0 heterocycles. The molecule has 4 heteroatoms. The number of carboxylic acids is 2. The first-order chi connectivity index (χ1) is 11.2. The van der Waals surface area contributed by atoms with Gasteiger partial charge in [0, 0.05) is 0 Å². The van der Waals surface area contributed by atoms with Crippen LogP contribution < -0.4 is 0 Å². The quantitative estimate of drug-likeness (QED) is 0.810. The fourth-order valence-electron chi connectivity index (χ4n) is 3.29. The first kappa shape index (κ1) is 18.0. The van der Waals surface area contributed by atoms with E-state index in [1.165, 1.54) is 0 Å². The highest BCUT2D eigenvalue weighted by atomic mass is 16.4. The smallest absolute Gasteiger partial charge is 0.336 e. The van der Waals surface area contributed by atoms with Gasteiger partial charge in [0.25, 0.3) is 0 Å². The minimum Gasteiger partial charge on any atom is -0.478 e. The van der Waals surface area contributed by atoms with E-state index in [0.29, 0.717) is 24.0 Å². The molecular weight excluding hydrogens is 304 g/mol. The van der Waals surface area contributed by atoms with Crippen LogP contribution in [0.4, 0.5) is 0 Å². The maximum Gasteiger partial charge on any atom is 0.336 e. The highest BCUT2D eigenvalue weighted by Crippen LogP contribution is 2.34. The fraction of sp³-hybridized carbons (Fsp3) is 0.400. The van der Waals surface area contributed by atoms with Crippen molar-refractivity contribution in [2.75, 3.05) is 0 Å². The Morgan fingerprint density at radius 2 is 1.12 bits per heavy atom. The molecule has 0 saturated heterocycles. The molecule has 0 radical (unpaired) electrons. The van der Waals surface area contributed by atoms with Crippen LogP contribution in [0.1, 0.15) is 59.5 Å². The van der Waals surface area contributed by atoms with Gasteiger partial charge in [-0.05, 0) is 46.6 Å². The molecule has 0 aliphatic carbocycles. The predicted molar refractivity (Wildman–Crippen MR) is 95.0 cm³/mol. The molecule has 2 aromatic rings. The number of carboxylic acid groups (broad SMARTS) is 2. The molecule has 4 nitrogen and oxygen atoms in total. The molecule has 0 bridgehead atoms. The number of aromatic carboxylic acids is 2. The van der Waals surface area contributed by atoms with Crippen LogP contribution >= 0.6 is 0 Å². The monoisotopic (exact) mass is 328 g/mol. The molecule has 128 valence electrons. The highest BCUT2D eigenvalue weighted by molar-refractivity contribution is 6.10. The fourth-order valence-corrected chi connectivity index (χ4v) is 3.29. The van der Waals surface area contributed by atoms with E-state index in [-0.39, 0.29) is 23.0 Å². The molecule has 0 unspecified atom stereocenters. The molecule has 2 N–H and O–H groups in total. The van der Waals surface area contributed by atoms with Crippen LogP contribution in [-0.2, 0) is 12.8 Å². The summed E-state index contributed by atoms with van der Waals surface area (Å²) in [7, 11) is 0. The number of fused-ring (bicyclic) bond motifs is 1. The number of hydrogen-bond acceptors (Lipinski definition) is 2. The maximum absolute atomic E-state index is 11.9. The number of carbonyl (C=O) groups is 2. The highest BCUT2D eigenvalue weighted by Gasteiger charge is 2.28. The zero-order valence-corrected chi connectivity index (χ0v) is 14.6. The molecule has 0 aromatic heterocycles. The van der Waals surface area contributed by atoms with E-state index in [4.69, 9.17) is 0 Å². The van der Waals surface area contributed by atoms with Gasteiger partial charge >= 0.3 is 11.9 Å². The Morgan fingerprint density at radius 1 is 0.792 bits per heavy atom. The first-order valence-corrected chi connectivity index (χ1v) is 8.27. The normalized spacial score (nSPS) is 11.4. The molecule has 0 aliphatic heterocycles. The summed E-state index contributed by atoms with van der Waals surface area (Å²) >= 11 is 0. The van der Waals surface area contributed by atoms with Crippen LogP contribution in [0, 0.1) is 11.8 Å². The minimum absolute atomic E-state index is 0.0504. The summed E-state index contributed by atoms with van der Waals surface area (Å²) in [6.07, 6.45) is 1.06. The molecule has 0 spiro atoms. The van der Waals surface area contributed by atoms with Crippen LogP contribution in [0.15, 0.2) is 24.3 Å². The van der Waals surface area contributed by atoms with Gasteiger partial charge in [-0.25, -0.2) is 9.59 Å². The molecule has 0 atom stereocenters. The predicted octanol–water partition coefficient (Wildman–Crippen LogP) is 4.63. The van der Waals surface area contributed by atoms with Gasteiger partial charge in [-0.2, -0.15) is 0 Å². The van der Waals surface area contributed by atoms with Crippen LogP contribution in [-0.4, -0.2) is 22.2 Å². The van der Waals surface area contributed by atoms with Crippen molar-refractivity contribution in [3.05, 3.63) is 46.5 Å². The van der Waals surface area contributed by atoms with Crippen molar-refractivity contribution in [2.45, 2.75) is 40.5 Å². The van der Waals surface area contributed by atoms with Crippen LogP contribution in [0.2, 0.25) is 0 Å². The molecular formula is C20H24O4. The number of benzene rings is 2. The van der Waals surface area contributed by atoms with E-state index in [0.717, 1.165) is 10.8 Å². The van der Waals surface area contributed by atoms with Crippen molar-refractivity contribution < 1.29 is 19.8 Å². The second-order valence-electron chi connectivity index (χ2n) is 7.06. The largest absolute Gasteiger partial charge is 0.478 e. The summed E-state index contributed by atoms with van der Waals surface area (Å²) in [5.74, 6) is -1.88. The molecule has 0 aliphatic rings. The lowest BCUT2D eigenvalue weighted by atomic mass is 9.83. The van der Waals surface area contributed by atoms with Crippen LogP contribution in [0.3, 0.4) is 0 Å². The van der Waals surface area contributed by atoms with Crippen LogP contribution in [0.25, 0.3) is 10.8 Å². The number of hydrogen-bond donors (Lipinski definition) is 2. The van der Waals surface area contributed by atoms with E-state index in [2.05, 4.69) is 0 Å². The lowest BCUT2D eigenvalue weighted by Gasteiger charge is -2.20. The summed E-state index contributed by atoms with van der Waals surface area (Å²) in [6, 6.07) is 7.54. The van der Waals surface area contributed by atoms with Gasteiger partial charge in [-0.1, -0.05) is 52.0 Å². The van der Waals surface area contributed by atoms with E-state index in [1.54, 1.807) is 0 Å². The Labute approximate surface area is 142 Å². The Morgan fingerprint density at radius 3 is 1.38 bits per heavy atom. The summed E-state index contributed by atoms with van der Waals surface area (Å²) in [5.41, 5.74) is 1.15. The van der Waals surface area contributed by atoms with Crippen molar-refractivity contribution in [3.8, 4) is 0 Å². The van der Waals surface area contributed by atoms with Crippen LogP contribution in [0.5, 0.6) is 0 Å².